The summed E-state index contributed by atoms with van der Waals surface area (Å²) in [5.41, 5.74) is 3.90. The second-order valence-electron chi connectivity index (χ2n) is 6.72. The van der Waals surface area contributed by atoms with E-state index < -0.39 is 0 Å². The summed E-state index contributed by atoms with van der Waals surface area (Å²) in [5.74, 6) is -0.239. The van der Waals surface area contributed by atoms with Gasteiger partial charge in [-0.05, 0) is 56.2 Å². The third-order valence-corrected chi connectivity index (χ3v) is 6.20. The highest BCUT2D eigenvalue weighted by atomic mass is 32.2. The zero-order valence-electron chi connectivity index (χ0n) is 15.1. The average molecular weight is 381 g/mol. The summed E-state index contributed by atoms with van der Waals surface area (Å²) >= 11 is 1.62. The van der Waals surface area contributed by atoms with E-state index in [2.05, 4.69) is 22.5 Å². The van der Waals surface area contributed by atoms with Crippen molar-refractivity contribution in [3.05, 3.63) is 77.4 Å². The third-order valence-electron chi connectivity index (χ3n) is 4.88. The molecule has 27 heavy (non-hydrogen) atoms. The van der Waals surface area contributed by atoms with E-state index in [1.807, 2.05) is 26.0 Å². The maximum absolute atomic E-state index is 13.1. The molecule has 0 saturated heterocycles. The number of nitrogens with one attached hydrogen (secondary N) is 1. The molecule has 1 aliphatic heterocycles. The summed E-state index contributed by atoms with van der Waals surface area (Å²) in [7, 11) is 0. The molecule has 0 radical (unpaired) electrons. The van der Waals surface area contributed by atoms with Crippen LogP contribution in [-0.4, -0.2) is 20.9 Å². The maximum Gasteiger partial charge on any atom is 0.234 e. The van der Waals surface area contributed by atoms with E-state index in [4.69, 9.17) is 0 Å². The minimum absolute atomic E-state index is 0.0395. The molecule has 4 nitrogen and oxygen atoms in total. The average Bonchev–Trinajstić information content (AvgIpc) is 3.26. The molecule has 2 heterocycles. The Morgan fingerprint density at radius 1 is 1.26 bits per heavy atom. The van der Waals surface area contributed by atoms with Gasteiger partial charge in [-0.25, -0.2) is 9.07 Å². The molecule has 6 heteroatoms. The van der Waals surface area contributed by atoms with Crippen LogP contribution >= 0.6 is 11.8 Å². The molecule has 2 atom stereocenters. The van der Waals surface area contributed by atoms with Gasteiger partial charge in [0.2, 0.25) is 5.91 Å². The lowest BCUT2D eigenvalue weighted by molar-refractivity contribution is -0.121. The molecule has 2 unspecified atom stereocenters. The first-order chi connectivity index (χ1) is 13.0. The summed E-state index contributed by atoms with van der Waals surface area (Å²) in [5, 5.41) is 7.43. The van der Waals surface area contributed by atoms with Gasteiger partial charge < -0.3 is 5.32 Å². The Bertz CT molecular complexity index is 958. The minimum Gasteiger partial charge on any atom is -0.348 e. The van der Waals surface area contributed by atoms with Gasteiger partial charge in [-0.15, -0.1) is 11.8 Å². The van der Waals surface area contributed by atoms with Gasteiger partial charge in [0.1, 0.15) is 5.82 Å². The zero-order valence-corrected chi connectivity index (χ0v) is 16.0. The fourth-order valence-corrected chi connectivity index (χ4v) is 4.61. The van der Waals surface area contributed by atoms with Crippen molar-refractivity contribution in [3.8, 4) is 5.69 Å². The predicted octanol–water partition coefficient (Wildman–Crippen LogP) is 4.21. The van der Waals surface area contributed by atoms with Crippen molar-refractivity contribution in [1.82, 2.24) is 15.1 Å². The number of rotatable bonds is 4. The Morgan fingerprint density at radius 2 is 2.00 bits per heavy atom. The van der Waals surface area contributed by atoms with Crippen LogP contribution in [0.1, 0.15) is 29.8 Å². The summed E-state index contributed by atoms with van der Waals surface area (Å²) in [6.07, 6.45) is 2.52. The van der Waals surface area contributed by atoms with Crippen molar-refractivity contribution in [3.63, 3.8) is 0 Å². The smallest absolute Gasteiger partial charge is 0.234 e. The molecule has 2 aromatic carbocycles. The first-order valence-electron chi connectivity index (χ1n) is 8.88. The van der Waals surface area contributed by atoms with Crippen molar-refractivity contribution in [1.29, 1.82) is 0 Å². The number of hydrogen-bond donors (Lipinski definition) is 1. The Morgan fingerprint density at radius 3 is 2.74 bits per heavy atom. The standard InChI is InChI=1S/C21H20FN3OS/c1-13(24-21(26)20-11-15-5-3-4-6-19(15)27-20)18-12-23-25(14(18)2)17-9-7-16(22)8-10-17/h3-10,12-13,20H,11H2,1-2H3,(H,24,26). The number of carbonyl (C=O) groups is 1. The largest absolute Gasteiger partial charge is 0.348 e. The molecule has 1 amide bonds. The van der Waals surface area contributed by atoms with Gasteiger partial charge in [0.15, 0.2) is 0 Å². The van der Waals surface area contributed by atoms with E-state index >= 15 is 0 Å². The first-order valence-corrected chi connectivity index (χ1v) is 9.76. The van der Waals surface area contributed by atoms with E-state index in [0.717, 1.165) is 23.4 Å². The van der Waals surface area contributed by atoms with E-state index in [1.54, 1.807) is 34.8 Å². The van der Waals surface area contributed by atoms with Crippen LogP contribution in [0.15, 0.2) is 59.6 Å². The van der Waals surface area contributed by atoms with Crippen LogP contribution in [0.2, 0.25) is 0 Å². The Balaban J connectivity index is 1.47. The molecule has 1 aromatic heterocycles. The van der Waals surface area contributed by atoms with Gasteiger partial charge >= 0.3 is 0 Å². The molecule has 1 aliphatic rings. The number of aromatic nitrogens is 2. The van der Waals surface area contributed by atoms with Crippen LogP contribution in [0.4, 0.5) is 4.39 Å². The van der Waals surface area contributed by atoms with Crippen LogP contribution in [0.25, 0.3) is 5.69 Å². The molecule has 1 N–H and O–H groups in total. The fraction of sp³-hybridized carbons (Fsp3) is 0.238. The number of carbonyl (C=O) groups excluding carboxylic acids is 1. The summed E-state index contributed by atoms with van der Waals surface area (Å²) in [6, 6.07) is 14.2. The van der Waals surface area contributed by atoms with E-state index in [1.165, 1.54) is 22.6 Å². The van der Waals surface area contributed by atoms with Crippen LogP contribution in [0.3, 0.4) is 0 Å². The lowest BCUT2D eigenvalue weighted by atomic mass is 10.1. The van der Waals surface area contributed by atoms with Crippen molar-refractivity contribution in [2.24, 2.45) is 0 Å². The zero-order chi connectivity index (χ0) is 19.0. The third kappa shape index (κ3) is 3.49. The van der Waals surface area contributed by atoms with Crippen LogP contribution < -0.4 is 5.32 Å². The summed E-state index contributed by atoms with van der Waals surface area (Å²) in [6.45, 7) is 3.91. The lowest BCUT2D eigenvalue weighted by Crippen LogP contribution is -2.34. The number of thioether (sulfide) groups is 1. The Kier molecular flexibility index (Phi) is 4.74. The second-order valence-corrected chi connectivity index (χ2v) is 7.97. The van der Waals surface area contributed by atoms with E-state index in [9.17, 15) is 9.18 Å². The van der Waals surface area contributed by atoms with Gasteiger partial charge in [0.25, 0.3) is 0 Å². The van der Waals surface area contributed by atoms with Crippen molar-refractivity contribution in [2.45, 2.75) is 36.5 Å². The van der Waals surface area contributed by atoms with Gasteiger partial charge in [-0.3, -0.25) is 4.79 Å². The molecule has 0 spiro atoms. The van der Waals surface area contributed by atoms with Crippen LogP contribution in [0, 0.1) is 12.7 Å². The quantitative estimate of drug-likeness (QED) is 0.736. The fourth-order valence-electron chi connectivity index (χ4n) is 3.40. The molecular weight excluding hydrogens is 361 g/mol. The molecule has 138 valence electrons. The van der Waals surface area contributed by atoms with Crippen molar-refractivity contribution < 1.29 is 9.18 Å². The molecule has 0 saturated carbocycles. The topological polar surface area (TPSA) is 46.9 Å². The monoisotopic (exact) mass is 381 g/mol. The number of benzene rings is 2. The van der Waals surface area contributed by atoms with Gasteiger partial charge in [-0.2, -0.15) is 5.10 Å². The maximum atomic E-state index is 13.1. The van der Waals surface area contributed by atoms with Crippen LogP contribution in [-0.2, 0) is 11.2 Å². The van der Waals surface area contributed by atoms with Gasteiger partial charge in [-0.1, -0.05) is 18.2 Å². The van der Waals surface area contributed by atoms with Crippen molar-refractivity contribution in [2.75, 3.05) is 0 Å². The Hall–Kier alpha value is -2.60. The van der Waals surface area contributed by atoms with Crippen molar-refractivity contribution >= 4 is 17.7 Å². The predicted molar refractivity (Wildman–Crippen MR) is 105 cm³/mol. The van der Waals surface area contributed by atoms with Crippen LogP contribution in [0.5, 0.6) is 0 Å². The number of amides is 1. The van der Waals surface area contributed by atoms with Gasteiger partial charge in [0.05, 0.1) is 23.2 Å². The van der Waals surface area contributed by atoms with E-state index in [-0.39, 0.29) is 23.0 Å². The molecule has 3 aromatic rings. The molecular formula is C21H20FN3OS. The summed E-state index contributed by atoms with van der Waals surface area (Å²) < 4.78 is 14.9. The Labute approximate surface area is 161 Å². The molecule has 0 bridgehead atoms. The SMILES string of the molecule is Cc1c(C(C)NC(=O)C2Cc3ccccc3S2)cnn1-c1ccc(F)cc1. The lowest BCUT2D eigenvalue weighted by Gasteiger charge is -2.17. The number of nitrogens with zero attached hydrogens (tertiary/aromatic N) is 2. The molecule has 0 aliphatic carbocycles. The summed E-state index contributed by atoms with van der Waals surface area (Å²) in [4.78, 5) is 13.9. The molecule has 4 rings (SSSR count). The second kappa shape index (κ2) is 7.19. The van der Waals surface area contributed by atoms with Gasteiger partial charge in [0, 0.05) is 16.2 Å². The first kappa shape index (κ1) is 17.8. The normalized spacial score (nSPS) is 16.8. The molecule has 0 fully saturated rings. The highest BCUT2D eigenvalue weighted by Crippen LogP contribution is 2.37. The number of hydrogen-bond acceptors (Lipinski definition) is 3. The number of halogens is 1. The minimum atomic E-state index is -0.278. The highest BCUT2D eigenvalue weighted by molar-refractivity contribution is 8.01. The number of fused-ring (bicyclic) bond motifs is 1. The highest BCUT2D eigenvalue weighted by Gasteiger charge is 2.29. The van der Waals surface area contributed by atoms with E-state index in [0.29, 0.717) is 0 Å².